The topological polar surface area (TPSA) is 66.4 Å². The molecule has 0 aliphatic carbocycles. The van der Waals surface area contributed by atoms with Crippen molar-refractivity contribution in [2.45, 2.75) is 27.2 Å². The Morgan fingerprint density at radius 3 is 2.53 bits per heavy atom. The summed E-state index contributed by atoms with van der Waals surface area (Å²) < 4.78 is 12.9. The largest absolute Gasteiger partial charge is 0.481 e. The molecule has 1 rings (SSSR count). The van der Waals surface area contributed by atoms with Gasteiger partial charge < -0.3 is 10.4 Å². The van der Waals surface area contributed by atoms with Crippen LogP contribution in [0.3, 0.4) is 0 Å². The molecular weight excluding hydrogens is 249 g/mol. The quantitative estimate of drug-likeness (QED) is 0.860. The van der Waals surface area contributed by atoms with Gasteiger partial charge in [-0.3, -0.25) is 9.59 Å². The predicted molar refractivity (Wildman–Crippen MR) is 69.5 cm³/mol. The molecule has 2 N–H and O–H groups in total. The number of rotatable bonds is 5. The van der Waals surface area contributed by atoms with Gasteiger partial charge in [0.1, 0.15) is 5.82 Å². The van der Waals surface area contributed by atoms with Gasteiger partial charge in [0.2, 0.25) is 0 Å². The van der Waals surface area contributed by atoms with E-state index >= 15 is 0 Å². The average molecular weight is 267 g/mol. The first-order valence-corrected chi connectivity index (χ1v) is 6.02. The highest BCUT2D eigenvalue weighted by atomic mass is 19.1. The highest BCUT2D eigenvalue weighted by molar-refractivity contribution is 5.95. The number of hydrogen-bond donors (Lipinski definition) is 2. The van der Waals surface area contributed by atoms with E-state index < -0.39 is 11.4 Å². The molecule has 0 heterocycles. The Labute approximate surface area is 111 Å². The Bertz CT molecular complexity index is 497. The van der Waals surface area contributed by atoms with E-state index in [1.54, 1.807) is 20.8 Å². The molecule has 0 saturated carbocycles. The van der Waals surface area contributed by atoms with E-state index in [1.165, 1.54) is 18.2 Å². The van der Waals surface area contributed by atoms with Crippen molar-refractivity contribution < 1.29 is 19.1 Å². The summed E-state index contributed by atoms with van der Waals surface area (Å²) in [6.45, 7) is 5.11. The second-order valence-electron chi connectivity index (χ2n) is 5.15. The molecule has 0 bridgehead atoms. The third-order valence-corrected chi connectivity index (χ3v) is 3.05. The summed E-state index contributed by atoms with van der Waals surface area (Å²) in [4.78, 5) is 22.8. The van der Waals surface area contributed by atoms with Gasteiger partial charge in [-0.25, -0.2) is 4.39 Å². The van der Waals surface area contributed by atoms with Crippen LogP contribution in [0, 0.1) is 18.2 Å². The lowest BCUT2D eigenvalue weighted by atomic mass is 9.89. The molecule has 5 heteroatoms. The Hall–Kier alpha value is -1.91. The minimum absolute atomic E-state index is 0.259. The van der Waals surface area contributed by atoms with Crippen LogP contribution in [0.15, 0.2) is 18.2 Å². The number of aliphatic carboxylic acids is 1. The van der Waals surface area contributed by atoms with Crippen molar-refractivity contribution in [3.63, 3.8) is 0 Å². The smallest absolute Gasteiger partial charge is 0.309 e. The summed E-state index contributed by atoms with van der Waals surface area (Å²) in [6, 6.07) is 3.93. The van der Waals surface area contributed by atoms with Gasteiger partial charge in [-0.2, -0.15) is 0 Å². The number of nitrogens with one attached hydrogen (secondary N) is 1. The average Bonchev–Trinajstić information content (AvgIpc) is 2.28. The maximum atomic E-state index is 12.9. The van der Waals surface area contributed by atoms with E-state index in [0.29, 0.717) is 17.5 Å². The Morgan fingerprint density at radius 1 is 1.37 bits per heavy atom. The van der Waals surface area contributed by atoms with Crippen molar-refractivity contribution in [2.24, 2.45) is 5.41 Å². The summed E-state index contributed by atoms with van der Waals surface area (Å²) in [5.41, 5.74) is 0.0648. The van der Waals surface area contributed by atoms with E-state index in [1.807, 2.05) is 0 Å². The molecule has 0 aliphatic heterocycles. The van der Waals surface area contributed by atoms with Gasteiger partial charge >= 0.3 is 5.97 Å². The van der Waals surface area contributed by atoms with Crippen molar-refractivity contribution in [1.29, 1.82) is 0 Å². The van der Waals surface area contributed by atoms with Crippen molar-refractivity contribution in [3.8, 4) is 0 Å². The molecule has 0 fully saturated rings. The second kappa shape index (κ2) is 5.82. The summed E-state index contributed by atoms with van der Waals surface area (Å²) in [5.74, 6) is -1.61. The molecule has 104 valence electrons. The van der Waals surface area contributed by atoms with Gasteiger partial charge in [0.05, 0.1) is 5.41 Å². The van der Waals surface area contributed by atoms with Crippen LogP contribution in [0.1, 0.15) is 36.2 Å². The normalized spacial score (nSPS) is 11.2. The molecule has 0 unspecified atom stereocenters. The van der Waals surface area contributed by atoms with Crippen LogP contribution in [-0.2, 0) is 4.79 Å². The van der Waals surface area contributed by atoms with Crippen LogP contribution >= 0.6 is 0 Å². The van der Waals surface area contributed by atoms with Gasteiger partial charge in [-0.05, 0) is 51.0 Å². The maximum Gasteiger partial charge on any atom is 0.309 e. The van der Waals surface area contributed by atoms with E-state index in [-0.39, 0.29) is 18.3 Å². The monoisotopic (exact) mass is 267 g/mol. The lowest BCUT2D eigenvalue weighted by Gasteiger charge is -2.19. The number of benzene rings is 1. The predicted octanol–water partition coefficient (Wildman–Crippen LogP) is 2.36. The molecule has 1 amide bonds. The van der Waals surface area contributed by atoms with Gasteiger partial charge in [-0.15, -0.1) is 0 Å². The zero-order valence-electron chi connectivity index (χ0n) is 11.3. The molecular formula is C14H18FNO3. The maximum absolute atomic E-state index is 12.9. The highest BCUT2D eigenvalue weighted by Crippen LogP contribution is 2.19. The van der Waals surface area contributed by atoms with Crippen LogP contribution in [0.4, 0.5) is 4.39 Å². The van der Waals surface area contributed by atoms with Crippen LogP contribution < -0.4 is 5.32 Å². The zero-order chi connectivity index (χ0) is 14.6. The zero-order valence-corrected chi connectivity index (χ0v) is 11.3. The molecule has 0 atom stereocenters. The van der Waals surface area contributed by atoms with Gasteiger partial charge in [0, 0.05) is 12.1 Å². The number of carbonyl (C=O) groups is 2. The first-order valence-electron chi connectivity index (χ1n) is 6.02. The van der Waals surface area contributed by atoms with Crippen molar-refractivity contribution in [1.82, 2.24) is 5.32 Å². The second-order valence-corrected chi connectivity index (χ2v) is 5.15. The lowest BCUT2D eigenvalue weighted by molar-refractivity contribution is -0.147. The molecule has 19 heavy (non-hydrogen) atoms. The van der Waals surface area contributed by atoms with E-state index in [2.05, 4.69) is 5.32 Å². The summed E-state index contributed by atoms with van der Waals surface area (Å²) in [7, 11) is 0. The first-order chi connectivity index (χ1) is 8.74. The third-order valence-electron chi connectivity index (χ3n) is 3.05. The van der Waals surface area contributed by atoms with Crippen molar-refractivity contribution in [3.05, 3.63) is 35.1 Å². The van der Waals surface area contributed by atoms with E-state index in [4.69, 9.17) is 5.11 Å². The van der Waals surface area contributed by atoms with Crippen LogP contribution in [0.5, 0.6) is 0 Å². The molecule has 0 aromatic heterocycles. The summed E-state index contributed by atoms with van der Waals surface area (Å²) in [6.07, 6.45) is 0.328. The number of aryl methyl sites for hydroxylation is 1. The Balaban J connectivity index is 2.59. The molecule has 0 saturated heterocycles. The molecule has 1 aromatic carbocycles. The number of halogens is 1. The number of carbonyl (C=O) groups excluding carboxylic acids is 1. The van der Waals surface area contributed by atoms with Crippen LogP contribution in [0.25, 0.3) is 0 Å². The van der Waals surface area contributed by atoms with E-state index in [9.17, 15) is 14.0 Å². The molecule has 1 aromatic rings. The fourth-order valence-corrected chi connectivity index (χ4v) is 1.57. The number of amides is 1. The van der Waals surface area contributed by atoms with Crippen molar-refractivity contribution >= 4 is 11.9 Å². The number of hydrogen-bond acceptors (Lipinski definition) is 2. The van der Waals surface area contributed by atoms with Crippen LogP contribution in [0.2, 0.25) is 0 Å². The number of carboxylic acid groups (broad SMARTS) is 1. The summed E-state index contributed by atoms with van der Waals surface area (Å²) >= 11 is 0. The molecule has 0 radical (unpaired) electrons. The SMILES string of the molecule is Cc1cc(F)ccc1C(=O)NCCC(C)(C)C(=O)O. The van der Waals surface area contributed by atoms with Gasteiger partial charge in [0.15, 0.2) is 0 Å². The van der Waals surface area contributed by atoms with Crippen molar-refractivity contribution in [2.75, 3.05) is 6.54 Å². The molecule has 0 aliphatic rings. The van der Waals surface area contributed by atoms with Crippen LogP contribution in [-0.4, -0.2) is 23.5 Å². The highest BCUT2D eigenvalue weighted by Gasteiger charge is 2.26. The standard InChI is InChI=1S/C14H18FNO3/c1-9-8-10(15)4-5-11(9)12(17)16-7-6-14(2,3)13(18)19/h4-5,8H,6-7H2,1-3H3,(H,16,17)(H,18,19). The molecule has 4 nitrogen and oxygen atoms in total. The fraction of sp³-hybridized carbons (Fsp3) is 0.429. The summed E-state index contributed by atoms with van der Waals surface area (Å²) in [5, 5.41) is 11.6. The van der Waals surface area contributed by atoms with Gasteiger partial charge in [-0.1, -0.05) is 0 Å². The Morgan fingerprint density at radius 2 is 2.00 bits per heavy atom. The third kappa shape index (κ3) is 4.05. The lowest BCUT2D eigenvalue weighted by Crippen LogP contribution is -2.32. The molecule has 0 spiro atoms. The fourth-order valence-electron chi connectivity index (χ4n) is 1.57. The number of carboxylic acids is 1. The van der Waals surface area contributed by atoms with Gasteiger partial charge in [0.25, 0.3) is 5.91 Å². The Kier molecular flexibility index (Phi) is 4.64. The minimum Gasteiger partial charge on any atom is -0.481 e. The minimum atomic E-state index is -0.903. The first kappa shape index (κ1) is 15.1. The van der Waals surface area contributed by atoms with E-state index in [0.717, 1.165) is 0 Å².